The van der Waals surface area contributed by atoms with Crippen LogP contribution in [0.3, 0.4) is 0 Å². The Bertz CT molecular complexity index is 682. The van der Waals surface area contributed by atoms with Crippen LogP contribution in [-0.4, -0.2) is 17.1 Å². The van der Waals surface area contributed by atoms with Gasteiger partial charge in [0.25, 0.3) is 5.91 Å². The number of aryl methyl sites for hydroxylation is 1. The number of hydrogen-bond donors (Lipinski definition) is 2. The van der Waals surface area contributed by atoms with E-state index in [-0.39, 0.29) is 17.8 Å². The molecule has 0 aromatic heterocycles. The average molecular weight is 315 g/mol. The first-order valence-corrected chi connectivity index (χ1v) is 7.69. The van der Waals surface area contributed by atoms with Crippen LogP contribution in [0.1, 0.15) is 46.5 Å². The van der Waals surface area contributed by atoms with Crippen molar-refractivity contribution >= 4 is 5.91 Å². The first kappa shape index (κ1) is 17.2. The van der Waals surface area contributed by atoms with E-state index in [0.717, 1.165) is 11.1 Å². The summed E-state index contributed by atoms with van der Waals surface area (Å²) in [6, 6.07) is 11.2. The Balaban J connectivity index is 1.98. The van der Waals surface area contributed by atoms with Gasteiger partial charge in [-0.25, -0.2) is 4.39 Å². The fourth-order valence-corrected chi connectivity index (χ4v) is 2.51. The first-order valence-electron chi connectivity index (χ1n) is 7.69. The summed E-state index contributed by atoms with van der Waals surface area (Å²) < 4.78 is 12.9. The van der Waals surface area contributed by atoms with Gasteiger partial charge >= 0.3 is 0 Å². The molecule has 1 amide bonds. The van der Waals surface area contributed by atoms with E-state index in [1.54, 1.807) is 18.2 Å². The van der Waals surface area contributed by atoms with Gasteiger partial charge < -0.3 is 10.4 Å². The zero-order valence-corrected chi connectivity index (χ0v) is 13.6. The van der Waals surface area contributed by atoms with Gasteiger partial charge in [0.05, 0.1) is 6.10 Å². The molecule has 2 aromatic carbocycles. The van der Waals surface area contributed by atoms with E-state index < -0.39 is 6.10 Å². The number of carbonyl (C=O) groups excluding carboxylic acids is 1. The Morgan fingerprint density at radius 3 is 2.48 bits per heavy atom. The van der Waals surface area contributed by atoms with Gasteiger partial charge in [-0.1, -0.05) is 24.3 Å². The topological polar surface area (TPSA) is 49.3 Å². The Morgan fingerprint density at radius 1 is 1.17 bits per heavy atom. The molecule has 4 heteroatoms. The van der Waals surface area contributed by atoms with Crippen LogP contribution in [0.5, 0.6) is 0 Å². The lowest BCUT2D eigenvalue weighted by molar-refractivity contribution is 0.0916. The highest BCUT2D eigenvalue weighted by Gasteiger charge is 2.16. The fraction of sp³-hybridized carbons (Fsp3) is 0.316. The van der Waals surface area contributed by atoms with Crippen molar-refractivity contribution in [3.05, 3.63) is 70.5 Å². The van der Waals surface area contributed by atoms with Crippen LogP contribution in [-0.2, 0) is 0 Å². The molecule has 3 nitrogen and oxygen atoms in total. The van der Waals surface area contributed by atoms with Crippen LogP contribution in [0.2, 0.25) is 0 Å². The number of halogens is 1. The standard InChI is InChI=1S/C19H22FNO2/c1-12-5-4-6-17(14(12)3)19(23)21-13(2)11-18(22)15-7-9-16(20)10-8-15/h4-10,13,18,22H,11H2,1-3H3,(H,21,23). The SMILES string of the molecule is Cc1cccc(C(=O)NC(C)CC(O)c2ccc(F)cc2)c1C. The molecule has 2 aromatic rings. The lowest BCUT2D eigenvalue weighted by Gasteiger charge is -2.19. The summed E-state index contributed by atoms with van der Waals surface area (Å²) in [5.41, 5.74) is 3.31. The van der Waals surface area contributed by atoms with Gasteiger partial charge in [-0.15, -0.1) is 0 Å². The van der Waals surface area contributed by atoms with Crippen molar-refractivity contribution in [2.24, 2.45) is 0 Å². The van der Waals surface area contributed by atoms with Crippen molar-refractivity contribution in [3.8, 4) is 0 Å². The smallest absolute Gasteiger partial charge is 0.251 e. The molecule has 0 saturated heterocycles. The number of amides is 1. The van der Waals surface area contributed by atoms with Crippen LogP contribution >= 0.6 is 0 Å². The predicted octanol–water partition coefficient (Wildman–Crippen LogP) is 3.68. The summed E-state index contributed by atoms with van der Waals surface area (Å²) in [5.74, 6) is -0.484. The average Bonchev–Trinajstić information content (AvgIpc) is 2.50. The molecule has 0 saturated carbocycles. The predicted molar refractivity (Wildman–Crippen MR) is 88.8 cm³/mol. The molecule has 2 atom stereocenters. The van der Waals surface area contributed by atoms with Crippen LogP contribution in [0.4, 0.5) is 4.39 Å². The lowest BCUT2D eigenvalue weighted by Crippen LogP contribution is -2.34. The normalized spacial score (nSPS) is 13.4. The quantitative estimate of drug-likeness (QED) is 0.884. The Morgan fingerprint density at radius 2 is 1.83 bits per heavy atom. The van der Waals surface area contributed by atoms with Crippen molar-refractivity contribution in [1.82, 2.24) is 5.32 Å². The van der Waals surface area contributed by atoms with E-state index in [2.05, 4.69) is 5.32 Å². The van der Waals surface area contributed by atoms with Crippen molar-refractivity contribution < 1.29 is 14.3 Å². The second-order valence-electron chi connectivity index (χ2n) is 5.93. The number of carbonyl (C=O) groups is 1. The third-order valence-electron chi connectivity index (χ3n) is 4.06. The van der Waals surface area contributed by atoms with E-state index in [4.69, 9.17) is 0 Å². The molecule has 0 fully saturated rings. The van der Waals surface area contributed by atoms with Crippen LogP contribution in [0.25, 0.3) is 0 Å². The minimum absolute atomic E-state index is 0.148. The second kappa shape index (κ2) is 7.38. The fourth-order valence-electron chi connectivity index (χ4n) is 2.51. The highest BCUT2D eigenvalue weighted by atomic mass is 19.1. The molecule has 122 valence electrons. The molecule has 0 spiro atoms. The maximum Gasteiger partial charge on any atom is 0.251 e. The second-order valence-corrected chi connectivity index (χ2v) is 5.93. The van der Waals surface area contributed by atoms with Gasteiger partial charge in [0, 0.05) is 11.6 Å². The third-order valence-corrected chi connectivity index (χ3v) is 4.06. The maximum atomic E-state index is 12.9. The van der Waals surface area contributed by atoms with Gasteiger partial charge in [-0.3, -0.25) is 4.79 Å². The Labute approximate surface area is 136 Å². The number of rotatable bonds is 5. The lowest BCUT2D eigenvalue weighted by atomic mass is 10.0. The van der Waals surface area contributed by atoms with Crippen molar-refractivity contribution in [3.63, 3.8) is 0 Å². The minimum atomic E-state index is -0.746. The Kier molecular flexibility index (Phi) is 5.50. The zero-order chi connectivity index (χ0) is 17.0. The van der Waals surface area contributed by atoms with Crippen molar-refractivity contribution in [2.75, 3.05) is 0 Å². The zero-order valence-electron chi connectivity index (χ0n) is 13.6. The molecule has 23 heavy (non-hydrogen) atoms. The van der Waals surface area contributed by atoms with Gasteiger partial charge in [-0.2, -0.15) is 0 Å². The molecule has 0 aliphatic carbocycles. The molecule has 2 rings (SSSR count). The van der Waals surface area contributed by atoms with E-state index in [9.17, 15) is 14.3 Å². The molecule has 0 radical (unpaired) electrons. The largest absolute Gasteiger partial charge is 0.388 e. The van der Waals surface area contributed by atoms with Gasteiger partial charge in [0.1, 0.15) is 5.82 Å². The highest BCUT2D eigenvalue weighted by Crippen LogP contribution is 2.19. The van der Waals surface area contributed by atoms with Crippen molar-refractivity contribution in [1.29, 1.82) is 0 Å². The summed E-state index contributed by atoms with van der Waals surface area (Å²) in [4.78, 5) is 12.3. The molecule has 0 aliphatic rings. The van der Waals surface area contributed by atoms with Crippen LogP contribution < -0.4 is 5.32 Å². The van der Waals surface area contributed by atoms with Gasteiger partial charge in [0.15, 0.2) is 0 Å². The molecule has 0 heterocycles. The third kappa shape index (κ3) is 4.39. The number of hydrogen-bond acceptors (Lipinski definition) is 2. The van der Waals surface area contributed by atoms with Crippen LogP contribution in [0.15, 0.2) is 42.5 Å². The maximum absolute atomic E-state index is 12.9. The number of aliphatic hydroxyl groups excluding tert-OH is 1. The minimum Gasteiger partial charge on any atom is -0.388 e. The molecular weight excluding hydrogens is 293 g/mol. The summed E-state index contributed by atoms with van der Waals surface area (Å²) in [6.07, 6.45) is -0.382. The van der Waals surface area contributed by atoms with E-state index in [1.165, 1.54) is 12.1 Å². The molecule has 0 aliphatic heterocycles. The molecule has 2 N–H and O–H groups in total. The number of benzene rings is 2. The summed E-state index contributed by atoms with van der Waals surface area (Å²) in [7, 11) is 0. The summed E-state index contributed by atoms with van der Waals surface area (Å²) in [6.45, 7) is 5.73. The molecule has 0 bridgehead atoms. The molecular formula is C19H22FNO2. The monoisotopic (exact) mass is 315 g/mol. The number of aliphatic hydroxyl groups is 1. The first-order chi connectivity index (χ1) is 10.9. The van der Waals surface area contributed by atoms with E-state index in [1.807, 2.05) is 32.9 Å². The van der Waals surface area contributed by atoms with Gasteiger partial charge in [-0.05, 0) is 62.1 Å². The summed E-state index contributed by atoms with van der Waals surface area (Å²) in [5, 5.41) is 13.1. The van der Waals surface area contributed by atoms with E-state index in [0.29, 0.717) is 17.5 Å². The van der Waals surface area contributed by atoms with E-state index >= 15 is 0 Å². The Hall–Kier alpha value is -2.20. The van der Waals surface area contributed by atoms with Crippen LogP contribution in [0, 0.1) is 19.7 Å². The number of nitrogens with one attached hydrogen (secondary N) is 1. The summed E-state index contributed by atoms with van der Waals surface area (Å²) >= 11 is 0. The van der Waals surface area contributed by atoms with Crippen molar-refractivity contribution in [2.45, 2.75) is 39.3 Å². The van der Waals surface area contributed by atoms with Gasteiger partial charge in [0.2, 0.25) is 0 Å². The molecule has 2 unspecified atom stereocenters. The highest BCUT2D eigenvalue weighted by molar-refractivity contribution is 5.96.